The molecule has 21 heavy (non-hydrogen) atoms. The monoisotopic (exact) mass is 296 g/mol. The van der Waals surface area contributed by atoms with Crippen LogP contribution in [0, 0.1) is 0 Å². The Labute approximate surface area is 129 Å². The first-order valence-corrected chi connectivity index (χ1v) is 8.72. The van der Waals surface area contributed by atoms with Crippen molar-refractivity contribution in [1.82, 2.24) is 10.2 Å². The van der Waals surface area contributed by atoms with Crippen LogP contribution in [0.3, 0.4) is 0 Å². The highest BCUT2D eigenvalue weighted by atomic mass is 16.5. The fourth-order valence-corrected chi connectivity index (χ4v) is 3.07. The number of ether oxygens (including phenoxy) is 1. The maximum atomic E-state index is 5.88. The second kappa shape index (κ2) is 10.0. The van der Waals surface area contributed by atoms with Crippen molar-refractivity contribution in [2.24, 2.45) is 10.7 Å². The lowest BCUT2D eigenvalue weighted by molar-refractivity contribution is 0.0224. The molecule has 2 saturated heterocycles. The molecule has 5 nitrogen and oxygen atoms in total. The molecule has 2 aliphatic rings. The smallest absolute Gasteiger partial charge is 0.188 e. The Morgan fingerprint density at radius 3 is 2.76 bits per heavy atom. The summed E-state index contributed by atoms with van der Waals surface area (Å²) in [6.45, 7) is 6.39. The number of nitrogens with one attached hydrogen (secondary N) is 1. The summed E-state index contributed by atoms with van der Waals surface area (Å²) in [5.41, 5.74) is 5.88. The van der Waals surface area contributed by atoms with Gasteiger partial charge in [0.1, 0.15) is 0 Å². The number of rotatable bonds is 8. The van der Waals surface area contributed by atoms with Gasteiger partial charge in [-0.15, -0.1) is 0 Å². The Balaban J connectivity index is 1.43. The van der Waals surface area contributed by atoms with Crippen molar-refractivity contribution in [3.05, 3.63) is 0 Å². The van der Waals surface area contributed by atoms with Gasteiger partial charge < -0.3 is 20.7 Å². The van der Waals surface area contributed by atoms with E-state index >= 15 is 0 Å². The average Bonchev–Trinajstić information content (AvgIpc) is 3.03. The van der Waals surface area contributed by atoms with Crippen LogP contribution in [0.25, 0.3) is 0 Å². The number of aliphatic imine (C=N–C) groups is 1. The molecule has 0 aromatic heterocycles. The number of unbranched alkanes of at least 4 members (excludes halogenated alkanes) is 2. The molecule has 2 rings (SSSR count). The third-order valence-electron chi connectivity index (χ3n) is 4.40. The van der Waals surface area contributed by atoms with Gasteiger partial charge in [0.05, 0.1) is 12.6 Å². The van der Waals surface area contributed by atoms with E-state index in [0.717, 1.165) is 19.6 Å². The van der Waals surface area contributed by atoms with Gasteiger partial charge in [-0.3, -0.25) is 4.99 Å². The van der Waals surface area contributed by atoms with Gasteiger partial charge >= 0.3 is 0 Å². The maximum Gasteiger partial charge on any atom is 0.188 e. The maximum absolute atomic E-state index is 5.88. The van der Waals surface area contributed by atoms with Crippen LogP contribution in [0.5, 0.6) is 0 Å². The minimum absolute atomic E-state index is 0.277. The predicted molar refractivity (Wildman–Crippen MR) is 87.6 cm³/mol. The van der Waals surface area contributed by atoms with Crippen LogP contribution in [0.4, 0.5) is 0 Å². The Morgan fingerprint density at radius 1 is 1.14 bits per heavy atom. The molecule has 0 spiro atoms. The summed E-state index contributed by atoms with van der Waals surface area (Å²) in [6, 6.07) is 0. The largest absolute Gasteiger partial charge is 0.376 e. The number of nitrogens with zero attached hydrogens (tertiary/aromatic N) is 2. The zero-order valence-electron chi connectivity index (χ0n) is 13.4. The molecule has 0 radical (unpaired) electrons. The molecule has 2 aliphatic heterocycles. The summed E-state index contributed by atoms with van der Waals surface area (Å²) in [5.74, 6) is 0.573. The lowest BCUT2D eigenvalue weighted by atomic mass is 10.1. The van der Waals surface area contributed by atoms with Gasteiger partial charge in [-0.05, 0) is 64.6 Å². The van der Waals surface area contributed by atoms with Gasteiger partial charge in [-0.1, -0.05) is 6.42 Å². The second-order valence-electron chi connectivity index (χ2n) is 6.25. The number of guanidine groups is 1. The van der Waals surface area contributed by atoms with Crippen LogP contribution in [-0.4, -0.2) is 56.3 Å². The van der Waals surface area contributed by atoms with Gasteiger partial charge in [0.15, 0.2) is 5.96 Å². The minimum atomic E-state index is 0.277. The predicted octanol–water partition coefficient (Wildman–Crippen LogP) is 1.73. The molecule has 0 aromatic rings. The van der Waals surface area contributed by atoms with Crippen LogP contribution in [0.1, 0.15) is 51.4 Å². The highest BCUT2D eigenvalue weighted by molar-refractivity contribution is 5.77. The van der Waals surface area contributed by atoms with E-state index in [2.05, 4.69) is 15.2 Å². The van der Waals surface area contributed by atoms with Crippen molar-refractivity contribution in [2.45, 2.75) is 57.5 Å². The first-order chi connectivity index (χ1) is 10.3. The number of nitrogens with two attached hydrogens (primary N) is 1. The number of hydrogen-bond donors (Lipinski definition) is 2. The summed E-state index contributed by atoms with van der Waals surface area (Å²) < 4.78 is 5.64. The summed E-state index contributed by atoms with van der Waals surface area (Å²) in [4.78, 5) is 6.96. The topological polar surface area (TPSA) is 62.9 Å². The minimum Gasteiger partial charge on any atom is -0.376 e. The van der Waals surface area contributed by atoms with Crippen molar-refractivity contribution < 1.29 is 4.74 Å². The van der Waals surface area contributed by atoms with Crippen molar-refractivity contribution in [3.63, 3.8) is 0 Å². The lowest BCUT2D eigenvalue weighted by Crippen LogP contribution is -2.34. The van der Waals surface area contributed by atoms with Crippen molar-refractivity contribution in [1.29, 1.82) is 0 Å². The van der Waals surface area contributed by atoms with Crippen molar-refractivity contribution >= 4 is 5.96 Å². The van der Waals surface area contributed by atoms with Gasteiger partial charge in [0.2, 0.25) is 0 Å². The molecule has 3 N–H and O–H groups in total. The molecule has 2 heterocycles. The molecular formula is C16H32N4O. The number of hydrogen-bond acceptors (Lipinski definition) is 3. The Hall–Kier alpha value is -0.810. The summed E-state index contributed by atoms with van der Waals surface area (Å²) in [7, 11) is 0. The van der Waals surface area contributed by atoms with Gasteiger partial charge in [0, 0.05) is 13.2 Å². The van der Waals surface area contributed by atoms with Crippen LogP contribution in [0.2, 0.25) is 0 Å². The van der Waals surface area contributed by atoms with E-state index in [9.17, 15) is 0 Å². The Bertz CT molecular complexity index is 297. The van der Waals surface area contributed by atoms with Gasteiger partial charge in [0.25, 0.3) is 0 Å². The van der Waals surface area contributed by atoms with E-state index in [-0.39, 0.29) is 6.10 Å². The molecule has 5 heteroatoms. The van der Waals surface area contributed by atoms with Gasteiger partial charge in [-0.25, -0.2) is 0 Å². The normalized spacial score (nSPS) is 24.4. The third kappa shape index (κ3) is 7.14. The third-order valence-corrected chi connectivity index (χ3v) is 4.40. The molecule has 0 aliphatic carbocycles. The van der Waals surface area contributed by atoms with E-state index in [1.54, 1.807) is 0 Å². The summed E-state index contributed by atoms with van der Waals surface area (Å²) >= 11 is 0. The average molecular weight is 296 g/mol. The van der Waals surface area contributed by atoms with E-state index in [0.29, 0.717) is 12.5 Å². The zero-order chi connectivity index (χ0) is 14.8. The molecule has 0 saturated carbocycles. The van der Waals surface area contributed by atoms with E-state index in [1.165, 1.54) is 64.6 Å². The fourth-order valence-electron chi connectivity index (χ4n) is 3.07. The summed E-state index contributed by atoms with van der Waals surface area (Å²) in [6.07, 6.45) is 10.3. The van der Waals surface area contributed by atoms with E-state index in [1.807, 2.05) is 0 Å². The van der Waals surface area contributed by atoms with E-state index < -0.39 is 0 Å². The Kier molecular flexibility index (Phi) is 7.89. The highest BCUT2D eigenvalue weighted by Crippen LogP contribution is 2.12. The van der Waals surface area contributed by atoms with Crippen molar-refractivity contribution in [2.75, 3.05) is 39.3 Å². The van der Waals surface area contributed by atoms with Crippen LogP contribution in [-0.2, 0) is 4.74 Å². The molecular weight excluding hydrogens is 264 g/mol. The van der Waals surface area contributed by atoms with Gasteiger partial charge in [-0.2, -0.15) is 0 Å². The van der Waals surface area contributed by atoms with Crippen LogP contribution >= 0.6 is 0 Å². The SMILES string of the molecule is NC(=NCC1CCCCO1)NCCCCCN1CCCC1. The zero-order valence-corrected chi connectivity index (χ0v) is 13.4. The standard InChI is InChI=1S/C16H32N4O/c17-16(19-14-15-8-2-7-13-21-15)18-9-3-1-4-10-20-11-5-6-12-20/h15H,1-14H2,(H3,17,18,19). The van der Waals surface area contributed by atoms with Crippen LogP contribution < -0.4 is 11.1 Å². The quantitative estimate of drug-likeness (QED) is 0.407. The molecule has 122 valence electrons. The molecule has 1 atom stereocenters. The lowest BCUT2D eigenvalue weighted by Gasteiger charge is -2.20. The second-order valence-corrected chi connectivity index (χ2v) is 6.25. The number of likely N-dealkylation sites (tertiary alicyclic amines) is 1. The first-order valence-electron chi connectivity index (χ1n) is 8.72. The van der Waals surface area contributed by atoms with E-state index in [4.69, 9.17) is 10.5 Å². The highest BCUT2D eigenvalue weighted by Gasteiger charge is 2.13. The molecule has 0 amide bonds. The molecule has 0 aromatic carbocycles. The molecule has 2 fully saturated rings. The van der Waals surface area contributed by atoms with Crippen LogP contribution in [0.15, 0.2) is 4.99 Å². The summed E-state index contributed by atoms with van der Waals surface area (Å²) in [5, 5.41) is 3.21. The van der Waals surface area contributed by atoms with Crippen molar-refractivity contribution in [3.8, 4) is 0 Å². The molecule has 0 bridgehead atoms. The Morgan fingerprint density at radius 2 is 2.00 bits per heavy atom. The first kappa shape index (κ1) is 16.6. The fraction of sp³-hybridized carbons (Fsp3) is 0.938. The molecule has 1 unspecified atom stereocenters.